The largest absolute Gasteiger partial charge is 0.306 e. The van der Waals surface area contributed by atoms with E-state index in [1.807, 2.05) is 24.3 Å². The van der Waals surface area contributed by atoms with Gasteiger partial charge in [-0.05, 0) is 81.5 Å². The first-order valence-electron chi connectivity index (χ1n) is 12.4. The van der Waals surface area contributed by atoms with E-state index in [1.54, 1.807) is 6.33 Å². The minimum Gasteiger partial charge on any atom is -0.306 e. The lowest BCUT2D eigenvalue weighted by molar-refractivity contribution is -0.122. The number of hydrogen-bond acceptors (Lipinski definition) is 5. The molecule has 3 atom stereocenters. The maximum absolute atomic E-state index is 13.0. The van der Waals surface area contributed by atoms with Gasteiger partial charge in [-0.25, -0.2) is 9.97 Å². The lowest BCUT2D eigenvalue weighted by atomic mass is 9.78. The van der Waals surface area contributed by atoms with Gasteiger partial charge in [-0.15, -0.1) is 0 Å². The molecule has 33 heavy (non-hydrogen) atoms. The number of aryl methyl sites for hydroxylation is 1. The number of likely N-dealkylation sites (tertiary alicyclic amines) is 1. The zero-order chi connectivity index (χ0) is 23.2. The van der Waals surface area contributed by atoms with Crippen molar-refractivity contribution in [3.63, 3.8) is 0 Å². The molecule has 1 aromatic heterocycles. The Hall–Kier alpha value is -1.82. The highest BCUT2D eigenvalue weighted by Crippen LogP contribution is 2.43. The fraction of sp³-hybridized carbons (Fsp3) is 0.593. The Morgan fingerprint density at radius 1 is 1.12 bits per heavy atom. The highest BCUT2D eigenvalue weighted by Gasteiger charge is 2.50. The van der Waals surface area contributed by atoms with Crippen molar-refractivity contribution < 1.29 is 4.79 Å². The Morgan fingerprint density at radius 2 is 1.85 bits per heavy atom. The van der Waals surface area contributed by atoms with E-state index in [4.69, 9.17) is 16.6 Å². The minimum absolute atomic E-state index is 0.0291. The van der Waals surface area contributed by atoms with Crippen LogP contribution in [0.5, 0.6) is 0 Å². The van der Waals surface area contributed by atoms with Crippen molar-refractivity contribution in [3.8, 4) is 0 Å². The summed E-state index contributed by atoms with van der Waals surface area (Å²) >= 11 is 6.21. The Morgan fingerprint density at radius 3 is 2.48 bits per heavy atom. The molecule has 5 nitrogen and oxygen atoms in total. The number of benzene rings is 1. The Balaban J connectivity index is 1.44. The number of hydrogen-bond donors (Lipinski definition) is 1. The molecule has 2 fully saturated rings. The first kappa shape index (κ1) is 22.9. The summed E-state index contributed by atoms with van der Waals surface area (Å²) in [6, 6.07) is 7.97. The molecule has 0 unspecified atom stereocenters. The van der Waals surface area contributed by atoms with Crippen LogP contribution in [0.2, 0.25) is 5.02 Å². The first-order chi connectivity index (χ1) is 15.8. The normalized spacial score (nSPS) is 27.3. The van der Waals surface area contributed by atoms with Crippen molar-refractivity contribution in [2.45, 2.75) is 88.3 Å². The number of aromatic nitrogens is 2. The molecule has 3 aliphatic rings. The predicted molar refractivity (Wildman–Crippen MR) is 132 cm³/mol. The Kier molecular flexibility index (Phi) is 6.09. The third-order valence-electron chi connectivity index (χ3n) is 8.35. The number of carbonyl (C=O) groups excluding carboxylic acids is 1. The van der Waals surface area contributed by atoms with Crippen LogP contribution in [0.4, 0.5) is 0 Å². The van der Waals surface area contributed by atoms with Gasteiger partial charge in [0.15, 0.2) is 0 Å². The van der Waals surface area contributed by atoms with Gasteiger partial charge < -0.3 is 10.1 Å². The summed E-state index contributed by atoms with van der Waals surface area (Å²) in [5, 5.41) is 4.49. The number of nitrogens with zero attached hydrogens (tertiary/aromatic N) is 3. The van der Waals surface area contributed by atoms with Gasteiger partial charge >= 0.3 is 0 Å². The summed E-state index contributed by atoms with van der Waals surface area (Å²) in [4.78, 5) is 24.8. The van der Waals surface area contributed by atoms with Gasteiger partial charge in [0.2, 0.25) is 0 Å². The fourth-order valence-corrected chi connectivity index (χ4v) is 6.65. The third-order valence-corrected chi connectivity index (χ3v) is 8.60. The molecule has 1 aromatic carbocycles. The maximum atomic E-state index is 13.0. The topological polar surface area (TPSA) is 58.1 Å². The summed E-state index contributed by atoms with van der Waals surface area (Å²) in [6.45, 7) is 8.51. The van der Waals surface area contributed by atoms with Crippen LogP contribution in [0, 0.1) is 0 Å². The summed E-state index contributed by atoms with van der Waals surface area (Å²) < 4.78 is 0. The van der Waals surface area contributed by atoms with Crippen molar-refractivity contribution in [1.29, 1.82) is 0 Å². The molecule has 2 aromatic rings. The van der Waals surface area contributed by atoms with Crippen molar-refractivity contribution in [2.75, 3.05) is 13.1 Å². The van der Waals surface area contributed by atoms with Crippen LogP contribution >= 0.6 is 11.6 Å². The Labute approximate surface area is 202 Å². The van der Waals surface area contributed by atoms with Gasteiger partial charge in [0.25, 0.3) is 0 Å². The predicted octanol–water partition coefficient (Wildman–Crippen LogP) is 4.98. The van der Waals surface area contributed by atoms with Gasteiger partial charge in [-0.3, -0.25) is 4.90 Å². The van der Waals surface area contributed by atoms with E-state index in [2.05, 4.69) is 36.0 Å². The second-order valence-corrected chi connectivity index (χ2v) is 11.3. The van der Waals surface area contributed by atoms with Crippen LogP contribution in [0.15, 0.2) is 30.6 Å². The summed E-state index contributed by atoms with van der Waals surface area (Å²) in [5.74, 6) is 0.975. The lowest BCUT2D eigenvalue weighted by Gasteiger charge is -2.48. The highest BCUT2D eigenvalue weighted by molar-refractivity contribution is 6.30. The van der Waals surface area contributed by atoms with E-state index in [1.165, 1.54) is 29.7 Å². The van der Waals surface area contributed by atoms with E-state index in [9.17, 15) is 4.79 Å². The number of fused-ring (bicyclic) bond motifs is 1. The third kappa shape index (κ3) is 4.02. The molecule has 5 rings (SSSR count). The summed E-state index contributed by atoms with van der Waals surface area (Å²) in [5.41, 5.74) is 4.27. The van der Waals surface area contributed by atoms with Crippen molar-refractivity contribution in [1.82, 2.24) is 20.2 Å². The van der Waals surface area contributed by atoms with Gasteiger partial charge in [0, 0.05) is 41.3 Å². The van der Waals surface area contributed by atoms with Crippen LogP contribution in [0.3, 0.4) is 0 Å². The highest BCUT2D eigenvalue weighted by atomic mass is 35.5. The van der Waals surface area contributed by atoms with Crippen LogP contribution < -0.4 is 5.32 Å². The lowest BCUT2D eigenvalue weighted by Crippen LogP contribution is -2.61. The molecule has 1 N–H and O–H groups in total. The van der Waals surface area contributed by atoms with Crippen LogP contribution in [0.1, 0.15) is 87.2 Å². The standard InChI is InChI=1S/C27H35ClN4O/c1-18-4-9-22-24(18)25(30-17-29-22)19-11-14-32(15-12-19)27(16-33,20-5-7-21(28)8-6-20)23-10-13-26(2,3)31-23/h5-8,16-19,23,31H,4,9-15H2,1-3H3/t18-,23+,27+/m1/s1. The molecule has 2 aliphatic heterocycles. The zero-order valence-electron chi connectivity index (χ0n) is 20.0. The van der Waals surface area contributed by atoms with Crippen molar-refractivity contribution in [3.05, 3.63) is 58.1 Å². The van der Waals surface area contributed by atoms with E-state index < -0.39 is 5.54 Å². The molecule has 2 saturated heterocycles. The molecule has 0 amide bonds. The summed E-state index contributed by atoms with van der Waals surface area (Å²) in [6.07, 6.45) is 9.25. The first-order valence-corrected chi connectivity index (χ1v) is 12.8. The van der Waals surface area contributed by atoms with E-state index in [0.717, 1.165) is 50.8 Å². The van der Waals surface area contributed by atoms with E-state index in [0.29, 0.717) is 16.9 Å². The van der Waals surface area contributed by atoms with Crippen LogP contribution in [0.25, 0.3) is 0 Å². The Bertz CT molecular complexity index is 1020. The SMILES string of the molecule is C[C@@H]1CCc2ncnc(C3CCN([C@@](C=O)(c4ccc(Cl)cc4)[C@@H]4CCC(C)(C)N4)CC3)c21. The molecule has 0 bridgehead atoms. The number of aldehydes is 1. The van der Waals surface area contributed by atoms with Gasteiger partial charge in [0.05, 0.1) is 5.69 Å². The molecule has 0 saturated carbocycles. The number of halogens is 1. The molecule has 6 heteroatoms. The average molecular weight is 467 g/mol. The van der Waals surface area contributed by atoms with E-state index >= 15 is 0 Å². The van der Waals surface area contributed by atoms with Crippen LogP contribution in [-0.2, 0) is 16.8 Å². The van der Waals surface area contributed by atoms with Crippen molar-refractivity contribution >= 4 is 17.9 Å². The molecule has 0 radical (unpaired) electrons. The molecular weight excluding hydrogens is 432 g/mol. The molecule has 176 valence electrons. The number of rotatable bonds is 5. The monoisotopic (exact) mass is 466 g/mol. The second kappa shape index (κ2) is 8.75. The number of nitrogens with one attached hydrogen (secondary N) is 1. The van der Waals surface area contributed by atoms with Gasteiger partial charge in [-0.1, -0.05) is 30.7 Å². The average Bonchev–Trinajstić information content (AvgIpc) is 3.38. The van der Waals surface area contributed by atoms with Gasteiger partial charge in [0.1, 0.15) is 18.2 Å². The summed E-state index contributed by atoms with van der Waals surface area (Å²) in [7, 11) is 0. The molecular formula is C27H35ClN4O. The molecule has 3 heterocycles. The fourth-order valence-electron chi connectivity index (χ4n) is 6.53. The van der Waals surface area contributed by atoms with E-state index in [-0.39, 0.29) is 11.6 Å². The van der Waals surface area contributed by atoms with Crippen molar-refractivity contribution in [2.24, 2.45) is 0 Å². The minimum atomic E-state index is -0.690. The molecule has 0 spiro atoms. The zero-order valence-corrected chi connectivity index (χ0v) is 20.7. The van der Waals surface area contributed by atoms with Crippen LogP contribution in [-0.4, -0.2) is 45.8 Å². The maximum Gasteiger partial charge on any atom is 0.146 e. The second-order valence-electron chi connectivity index (χ2n) is 10.9. The number of piperidine rings is 1. The quantitative estimate of drug-likeness (QED) is 0.629. The smallest absolute Gasteiger partial charge is 0.146 e. The molecule has 1 aliphatic carbocycles. The van der Waals surface area contributed by atoms with Gasteiger partial charge in [-0.2, -0.15) is 0 Å². The number of carbonyl (C=O) groups is 1.